The number of nitrogens with one attached hydrogen (secondary N) is 1. The number of carbonyl (C=O) groups is 1. The van der Waals surface area contributed by atoms with Crippen molar-refractivity contribution in [3.05, 3.63) is 29.6 Å². The van der Waals surface area contributed by atoms with E-state index in [0.29, 0.717) is 0 Å². The van der Waals surface area contributed by atoms with Gasteiger partial charge in [0.1, 0.15) is 11.6 Å². The highest BCUT2D eigenvalue weighted by Gasteiger charge is 2.10. The summed E-state index contributed by atoms with van der Waals surface area (Å²) in [4.78, 5) is 11.2. The van der Waals surface area contributed by atoms with Gasteiger partial charge in [-0.3, -0.25) is 4.79 Å². The summed E-state index contributed by atoms with van der Waals surface area (Å²) in [5.41, 5.74) is 0.00866. The molecule has 0 bridgehead atoms. The van der Waals surface area contributed by atoms with E-state index in [1.54, 1.807) is 7.05 Å². The van der Waals surface area contributed by atoms with E-state index in [0.717, 1.165) is 18.2 Å². The first kappa shape index (κ1) is 9.67. The van der Waals surface area contributed by atoms with Gasteiger partial charge in [-0.05, 0) is 25.2 Å². The van der Waals surface area contributed by atoms with Gasteiger partial charge >= 0.3 is 0 Å². The number of hydrogen-bond acceptors (Lipinski definition) is 3. The Bertz CT molecular complexity index is 325. The van der Waals surface area contributed by atoms with E-state index >= 15 is 0 Å². The fourth-order valence-corrected chi connectivity index (χ4v) is 0.987. The number of aromatic hydroxyl groups is 1. The standard InChI is InChI=1S/C9H10FNO2/c1-11-5-9(13)7-4-6(10)2-3-8(7)12/h2-4,11-12H,5H2,1H3. The van der Waals surface area contributed by atoms with Crippen molar-refractivity contribution in [3.8, 4) is 5.75 Å². The highest BCUT2D eigenvalue weighted by Crippen LogP contribution is 2.17. The van der Waals surface area contributed by atoms with Gasteiger partial charge in [0, 0.05) is 0 Å². The van der Waals surface area contributed by atoms with E-state index in [1.165, 1.54) is 0 Å². The predicted molar refractivity (Wildman–Crippen MR) is 46.3 cm³/mol. The number of phenols is 1. The minimum atomic E-state index is -0.530. The highest BCUT2D eigenvalue weighted by atomic mass is 19.1. The van der Waals surface area contributed by atoms with Crippen LogP contribution in [0.3, 0.4) is 0 Å². The Morgan fingerprint density at radius 3 is 2.92 bits per heavy atom. The largest absolute Gasteiger partial charge is 0.507 e. The van der Waals surface area contributed by atoms with E-state index in [2.05, 4.69) is 5.32 Å². The Kier molecular flexibility index (Phi) is 2.97. The monoisotopic (exact) mass is 183 g/mol. The number of halogens is 1. The number of benzene rings is 1. The van der Waals surface area contributed by atoms with Crippen LogP contribution in [0.25, 0.3) is 0 Å². The van der Waals surface area contributed by atoms with Crippen molar-refractivity contribution in [1.29, 1.82) is 0 Å². The van der Waals surface area contributed by atoms with Gasteiger partial charge in [0.2, 0.25) is 0 Å². The van der Waals surface area contributed by atoms with Crippen LogP contribution in [-0.4, -0.2) is 24.5 Å². The Morgan fingerprint density at radius 1 is 1.62 bits per heavy atom. The third-order valence-electron chi connectivity index (χ3n) is 1.60. The van der Waals surface area contributed by atoms with Crippen molar-refractivity contribution < 1.29 is 14.3 Å². The number of ketones is 1. The van der Waals surface area contributed by atoms with Crippen LogP contribution in [0.1, 0.15) is 10.4 Å². The highest BCUT2D eigenvalue weighted by molar-refractivity contribution is 5.99. The second kappa shape index (κ2) is 4.00. The van der Waals surface area contributed by atoms with Crippen molar-refractivity contribution in [2.75, 3.05) is 13.6 Å². The van der Waals surface area contributed by atoms with Gasteiger partial charge in [0.15, 0.2) is 5.78 Å². The lowest BCUT2D eigenvalue weighted by Gasteiger charge is -2.02. The third kappa shape index (κ3) is 2.26. The van der Waals surface area contributed by atoms with Crippen molar-refractivity contribution in [2.24, 2.45) is 0 Å². The van der Waals surface area contributed by atoms with Crippen LogP contribution in [0.4, 0.5) is 4.39 Å². The predicted octanol–water partition coefficient (Wildman–Crippen LogP) is 0.933. The molecule has 0 saturated heterocycles. The quantitative estimate of drug-likeness (QED) is 0.685. The summed E-state index contributed by atoms with van der Waals surface area (Å²) in [5.74, 6) is -1.06. The lowest BCUT2D eigenvalue weighted by atomic mass is 10.1. The molecule has 0 heterocycles. The maximum absolute atomic E-state index is 12.7. The molecule has 0 atom stereocenters. The molecule has 1 aromatic carbocycles. The smallest absolute Gasteiger partial charge is 0.180 e. The van der Waals surface area contributed by atoms with E-state index in [9.17, 15) is 14.3 Å². The molecular weight excluding hydrogens is 173 g/mol. The first-order valence-corrected chi connectivity index (χ1v) is 3.81. The Morgan fingerprint density at radius 2 is 2.31 bits per heavy atom. The van der Waals surface area contributed by atoms with Gasteiger partial charge in [0.25, 0.3) is 0 Å². The number of phenolic OH excluding ortho intramolecular Hbond substituents is 1. The molecule has 13 heavy (non-hydrogen) atoms. The van der Waals surface area contributed by atoms with Crippen molar-refractivity contribution in [3.63, 3.8) is 0 Å². The van der Waals surface area contributed by atoms with Crippen LogP contribution in [0.5, 0.6) is 5.75 Å². The van der Waals surface area contributed by atoms with Crippen molar-refractivity contribution >= 4 is 5.78 Å². The summed E-state index contributed by atoms with van der Waals surface area (Å²) in [6.07, 6.45) is 0. The molecule has 4 heteroatoms. The van der Waals surface area contributed by atoms with E-state index in [-0.39, 0.29) is 23.6 Å². The van der Waals surface area contributed by atoms with Crippen molar-refractivity contribution in [2.45, 2.75) is 0 Å². The molecule has 0 aliphatic heterocycles. The van der Waals surface area contributed by atoms with Crippen LogP contribution >= 0.6 is 0 Å². The number of rotatable bonds is 3. The molecule has 1 rings (SSSR count). The zero-order valence-corrected chi connectivity index (χ0v) is 7.17. The van der Waals surface area contributed by atoms with Crippen LogP contribution in [0.15, 0.2) is 18.2 Å². The molecule has 1 aromatic rings. The van der Waals surface area contributed by atoms with E-state index in [4.69, 9.17) is 0 Å². The summed E-state index contributed by atoms with van der Waals surface area (Å²) >= 11 is 0. The fraction of sp³-hybridized carbons (Fsp3) is 0.222. The summed E-state index contributed by atoms with van der Waals surface area (Å²) < 4.78 is 12.7. The molecule has 0 spiro atoms. The molecular formula is C9H10FNO2. The molecule has 0 aromatic heterocycles. The van der Waals surface area contributed by atoms with Gasteiger partial charge < -0.3 is 10.4 Å². The maximum atomic E-state index is 12.7. The van der Waals surface area contributed by atoms with Gasteiger partial charge in [-0.25, -0.2) is 4.39 Å². The van der Waals surface area contributed by atoms with Crippen LogP contribution in [0.2, 0.25) is 0 Å². The molecule has 0 unspecified atom stereocenters. The van der Waals surface area contributed by atoms with Gasteiger partial charge in [0.05, 0.1) is 12.1 Å². The molecule has 2 N–H and O–H groups in total. The molecule has 0 aliphatic carbocycles. The second-order valence-corrected chi connectivity index (χ2v) is 2.61. The first-order chi connectivity index (χ1) is 6.15. The van der Waals surface area contributed by atoms with Gasteiger partial charge in [-0.15, -0.1) is 0 Å². The van der Waals surface area contributed by atoms with Gasteiger partial charge in [-0.2, -0.15) is 0 Å². The lowest BCUT2D eigenvalue weighted by molar-refractivity contribution is 0.0990. The second-order valence-electron chi connectivity index (χ2n) is 2.61. The average molecular weight is 183 g/mol. The number of carbonyl (C=O) groups excluding carboxylic acids is 1. The fourth-order valence-electron chi connectivity index (χ4n) is 0.987. The topological polar surface area (TPSA) is 49.3 Å². The van der Waals surface area contributed by atoms with E-state index < -0.39 is 5.82 Å². The zero-order chi connectivity index (χ0) is 9.84. The minimum absolute atomic E-state index is 0.00866. The number of Topliss-reactive ketones (excluding diaryl/α,β-unsaturated/α-hetero) is 1. The Labute approximate surface area is 75.2 Å². The molecule has 3 nitrogen and oxygen atoms in total. The Hall–Kier alpha value is -1.42. The summed E-state index contributed by atoms with van der Waals surface area (Å²) in [6.45, 7) is 0.0804. The lowest BCUT2D eigenvalue weighted by Crippen LogP contribution is -2.18. The molecule has 0 aliphatic rings. The minimum Gasteiger partial charge on any atom is -0.507 e. The summed E-state index contributed by atoms with van der Waals surface area (Å²) in [5, 5.41) is 11.8. The molecule has 0 radical (unpaired) electrons. The molecule has 0 saturated carbocycles. The number of hydrogen-bond donors (Lipinski definition) is 2. The molecule has 70 valence electrons. The number of likely N-dealkylation sites (N-methyl/N-ethyl adjacent to an activating group) is 1. The van der Waals surface area contributed by atoms with Crippen LogP contribution < -0.4 is 5.32 Å². The van der Waals surface area contributed by atoms with E-state index in [1.807, 2.05) is 0 Å². The van der Waals surface area contributed by atoms with Gasteiger partial charge in [-0.1, -0.05) is 0 Å². The normalized spacial score (nSPS) is 10.0. The van der Waals surface area contributed by atoms with Crippen LogP contribution in [0, 0.1) is 5.82 Å². The maximum Gasteiger partial charge on any atom is 0.180 e. The molecule has 0 fully saturated rings. The SMILES string of the molecule is CNCC(=O)c1cc(F)ccc1O. The summed E-state index contributed by atoms with van der Waals surface area (Å²) in [7, 11) is 1.61. The third-order valence-corrected chi connectivity index (χ3v) is 1.60. The summed E-state index contributed by atoms with van der Waals surface area (Å²) in [6, 6.07) is 3.29. The van der Waals surface area contributed by atoms with Crippen LogP contribution in [-0.2, 0) is 0 Å². The first-order valence-electron chi connectivity index (χ1n) is 3.81. The average Bonchev–Trinajstić information content (AvgIpc) is 2.09. The molecule has 0 amide bonds. The zero-order valence-electron chi connectivity index (χ0n) is 7.17. The Balaban J connectivity index is 2.99. The van der Waals surface area contributed by atoms with Crippen molar-refractivity contribution in [1.82, 2.24) is 5.32 Å².